The van der Waals surface area contributed by atoms with Crippen molar-refractivity contribution < 1.29 is 22.4 Å². The quantitative estimate of drug-likeness (QED) is 0.653. The molecule has 2 aromatic rings. The van der Waals surface area contributed by atoms with Gasteiger partial charge in [0.25, 0.3) is 5.91 Å². The molecule has 0 bridgehead atoms. The van der Waals surface area contributed by atoms with Gasteiger partial charge in [-0.25, -0.2) is 17.1 Å². The number of anilines is 1. The topological polar surface area (TPSA) is 86.8 Å². The van der Waals surface area contributed by atoms with Crippen LogP contribution in [0.1, 0.15) is 42.7 Å². The zero-order valence-electron chi connectivity index (χ0n) is 18.4. The summed E-state index contributed by atoms with van der Waals surface area (Å²) in [6, 6.07) is 12.0. The van der Waals surface area contributed by atoms with Crippen LogP contribution < -0.4 is 9.62 Å². The van der Waals surface area contributed by atoms with Crippen LogP contribution in [-0.4, -0.2) is 50.5 Å². The smallest absolute Gasteiger partial charge is 0.251 e. The highest BCUT2D eigenvalue weighted by Crippen LogP contribution is 2.28. The third kappa shape index (κ3) is 4.99. The molecular weight excluding hydrogens is 433 g/mol. The summed E-state index contributed by atoms with van der Waals surface area (Å²) >= 11 is 0. The Morgan fingerprint density at radius 3 is 2.22 bits per heavy atom. The number of sulfonamides is 1. The molecule has 0 aliphatic carbocycles. The minimum atomic E-state index is -3.69. The second-order valence-electron chi connectivity index (χ2n) is 7.83. The Labute approximate surface area is 188 Å². The number of carbonyl (C=O) groups excluding carboxylic acids is 2. The van der Waals surface area contributed by atoms with E-state index in [2.05, 4.69) is 10.2 Å². The molecule has 1 fully saturated rings. The summed E-state index contributed by atoms with van der Waals surface area (Å²) < 4.78 is 38.7. The average Bonchev–Trinajstić information content (AvgIpc) is 2.98. The lowest BCUT2D eigenvalue weighted by Crippen LogP contribution is -2.38. The Morgan fingerprint density at radius 2 is 1.72 bits per heavy atom. The van der Waals surface area contributed by atoms with Crippen molar-refractivity contribution in [1.82, 2.24) is 10.2 Å². The molecule has 2 atom stereocenters. The molecule has 3 rings (SSSR count). The van der Waals surface area contributed by atoms with Crippen molar-refractivity contribution >= 4 is 27.5 Å². The van der Waals surface area contributed by atoms with Gasteiger partial charge in [0.2, 0.25) is 15.9 Å². The van der Waals surface area contributed by atoms with Crippen LogP contribution in [0.25, 0.3) is 0 Å². The molecule has 1 N–H and O–H groups in total. The minimum absolute atomic E-state index is 0.123. The van der Waals surface area contributed by atoms with Gasteiger partial charge in [-0.3, -0.25) is 14.5 Å². The van der Waals surface area contributed by atoms with E-state index in [9.17, 15) is 22.4 Å². The van der Waals surface area contributed by atoms with E-state index in [1.807, 2.05) is 13.8 Å². The van der Waals surface area contributed by atoms with E-state index in [-0.39, 0.29) is 29.2 Å². The molecule has 9 heteroatoms. The lowest BCUT2D eigenvalue weighted by molar-refractivity contribution is -0.119. The fourth-order valence-corrected chi connectivity index (χ4v) is 5.75. The third-order valence-electron chi connectivity index (χ3n) is 5.69. The SMILES string of the molecule is CCN(CC)C(CNC(=O)c1ccc(N2C(=O)C(C)CS2(=O)=O)cc1)c1ccc(F)cc1. The Hall–Kier alpha value is -2.78. The van der Waals surface area contributed by atoms with Crippen LogP contribution >= 0.6 is 0 Å². The molecule has 1 aliphatic rings. The number of amides is 2. The first-order valence-electron chi connectivity index (χ1n) is 10.6. The molecule has 0 aromatic heterocycles. The van der Waals surface area contributed by atoms with E-state index in [1.54, 1.807) is 19.1 Å². The lowest BCUT2D eigenvalue weighted by Gasteiger charge is -2.30. The molecule has 0 spiro atoms. The molecule has 7 nitrogen and oxygen atoms in total. The highest BCUT2D eigenvalue weighted by molar-refractivity contribution is 7.94. The number of rotatable bonds is 8. The van der Waals surface area contributed by atoms with E-state index >= 15 is 0 Å². The molecule has 1 heterocycles. The molecule has 2 aromatic carbocycles. The Balaban J connectivity index is 1.73. The van der Waals surface area contributed by atoms with E-state index in [0.29, 0.717) is 12.1 Å². The van der Waals surface area contributed by atoms with Crippen molar-refractivity contribution in [3.63, 3.8) is 0 Å². The number of nitrogens with zero attached hydrogens (tertiary/aromatic N) is 2. The van der Waals surface area contributed by atoms with Crippen LogP contribution in [-0.2, 0) is 14.8 Å². The van der Waals surface area contributed by atoms with E-state index in [1.165, 1.54) is 36.4 Å². The summed E-state index contributed by atoms with van der Waals surface area (Å²) in [7, 11) is -3.69. The first-order chi connectivity index (χ1) is 15.2. The molecule has 0 saturated carbocycles. The van der Waals surface area contributed by atoms with Crippen LogP contribution in [0, 0.1) is 11.7 Å². The van der Waals surface area contributed by atoms with Gasteiger partial charge in [-0.2, -0.15) is 0 Å². The highest BCUT2D eigenvalue weighted by atomic mass is 32.2. The van der Waals surface area contributed by atoms with Crippen LogP contribution in [0.4, 0.5) is 10.1 Å². The summed E-state index contributed by atoms with van der Waals surface area (Å²) in [6.07, 6.45) is 0. The Bertz CT molecular complexity index is 1070. The fourth-order valence-electron chi connectivity index (χ4n) is 3.93. The highest BCUT2D eigenvalue weighted by Gasteiger charge is 2.41. The van der Waals surface area contributed by atoms with Gasteiger partial charge >= 0.3 is 0 Å². The second-order valence-corrected chi connectivity index (χ2v) is 9.69. The summed E-state index contributed by atoms with van der Waals surface area (Å²) in [5.41, 5.74) is 1.48. The summed E-state index contributed by atoms with van der Waals surface area (Å²) in [4.78, 5) is 27.1. The second kappa shape index (κ2) is 9.79. The largest absolute Gasteiger partial charge is 0.350 e. The van der Waals surface area contributed by atoms with Gasteiger partial charge in [0.05, 0.1) is 23.4 Å². The van der Waals surface area contributed by atoms with Crippen molar-refractivity contribution in [2.24, 2.45) is 5.92 Å². The first kappa shape index (κ1) is 23.9. The minimum Gasteiger partial charge on any atom is -0.350 e. The zero-order chi connectivity index (χ0) is 23.5. The molecule has 1 aliphatic heterocycles. The van der Waals surface area contributed by atoms with Crippen molar-refractivity contribution in [3.05, 3.63) is 65.5 Å². The number of likely N-dealkylation sites (N-methyl/N-ethyl adjacent to an activating group) is 1. The summed E-state index contributed by atoms with van der Waals surface area (Å²) in [6.45, 7) is 7.48. The molecule has 32 heavy (non-hydrogen) atoms. The number of halogens is 1. The monoisotopic (exact) mass is 461 g/mol. The van der Waals surface area contributed by atoms with Crippen molar-refractivity contribution in [2.45, 2.75) is 26.8 Å². The molecule has 172 valence electrons. The van der Waals surface area contributed by atoms with Crippen LogP contribution in [0.15, 0.2) is 48.5 Å². The van der Waals surface area contributed by atoms with Crippen LogP contribution in [0.5, 0.6) is 0 Å². The van der Waals surface area contributed by atoms with Gasteiger partial charge < -0.3 is 5.32 Å². The van der Waals surface area contributed by atoms with Gasteiger partial charge in [-0.15, -0.1) is 0 Å². The number of benzene rings is 2. The molecule has 2 amide bonds. The first-order valence-corrected chi connectivity index (χ1v) is 12.2. The maximum Gasteiger partial charge on any atom is 0.251 e. The van der Waals surface area contributed by atoms with Gasteiger partial charge in [0.1, 0.15) is 5.82 Å². The average molecular weight is 462 g/mol. The van der Waals surface area contributed by atoms with Crippen LogP contribution in [0.2, 0.25) is 0 Å². The molecular formula is C23H28FN3O4S. The third-order valence-corrected chi connectivity index (χ3v) is 7.56. The van der Waals surface area contributed by atoms with Crippen LogP contribution in [0.3, 0.4) is 0 Å². The molecule has 1 saturated heterocycles. The van der Waals surface area contributed by atoms with Crippen molar-refractivity contribution in [1.29, 1.82) is 0 Å². The predicted molar refractivity (Wildman–Crippen MR) is 121 cm³/mol. The zero-order valence-corrected chi connectivity index (χ0v) is 19.2. The Kier molecular flexibility index (Phi) is 7.30. The van der Waals surface area contributed by atoms with Crippen molar-refractivity contribution in [2.75, 3.05) is 29.7 Å². The lowest BCUT2D eigenvalue weighted by atomic mass is 10.0. The molecule has 0 radical (unpaired) electrons. The summed E-state index contributed by atoms with van der Waals surface area (Å²) in [5, 5.41) is 2.91. The van der Waals surface area contributed by atoms with Crippen molar-refractivity contribution in [3.8, 4) is 0 Å². The van der Waals surface area contributed by atoms with E-state index < -0.39 is 21.8 Å². The normalized spacial score (nSPS) is 18.7. The fraction of sp³-hybridized carbons (Fsp3) is 0.391. The molecule has 2 unspecified atom stereocenters. The van der Waals surface area contributed by atoms with E-state index in [4.69, 9.17) is 0 Å². The Morgan fingerprint density at radius 1 is 1.12 bits per heavy atom. The van der Waals surface area contributed by atoms with Gasteiger partial charge in [-0.05, 0) is 55.1 Å². The maximum atomic E-state index is 13.3. The number of hydrogen-bond acceptors (Lipinski definition) is 5. The van der Waals surface area contributed by atoms with Gasteiger partial charge in [0.15, 0.2) is 0 Å². The number of nitrogens with one attached hydrogen (secondary N) is 1. The summed E-state index contributed by atoms with van der Waals surface area (Å²) in [5.74, 6) is -1.91. The van der Waals surface area contributed by atoms with Gasteiger partial charge in [0, 0.05) is 12.1 Å². The number of hydrogen-bond donors (Lipinski definition) is 1. The van der Waals surface area contributed by atoms with E-state index in [0.717, 1.165) is 23.0 Å². The maximum absolute atomic E-state index is 13.3. The number of carbonyl (C=O) groups is 2. The van der Waals surface area contributed by atoms with Gasteiger partial charge in [-0.1, -0.05) is 32.9 Å². The predicted octanol–water partition coefficient (Wildman–Crippen LogP) is 2.95. The standard InChI is InChI=1S/C23H28FN3O4S/c1-4-26(5-2)21(17-6-10-19(24)11-7-17)14-25-22(28)18-8-12-20(13-9-18)27-23(29)16(3)15-32(27,30)31/h6-13,16,21H,4-5,14-15H2,1-3H3,(H,25,28).